The molecule has 8 heteroatoms. The summed E-state index contributed by atoms with van der Waals surface area (Å²) in [6, 6.07) is 15.0. The van der Waals surface area contributed by atoms with Crippen LogP contribution in [0, 0.1) is 16.0 Å². The third-order valence-corrected chi connectivity index (χ3v) is 6.04. The predicted molar refractivity (Wildman–Crippen MR) is 119 cm³/mol. The molecule has 0 spiro atoms. The number of nitro groups is 1. The smallest absolute Gasteiger partial charge is 0.312 e. The number of methoxy groups -OCH3 is 1. The summed E-state index contributed by atoms with van der Waals surface area (Å²) in [5.41, 5.74) is 1.77. The summed E-state index contributed by atoms with van der Waals surface area (Å²) in [6.45, 7) is 2.74. The zero-order chi connectivity index (χ0) is 22.8. The number of hydrogen-bond donors (Lipinski definition) is 0. The second-order valence-corrected chi connectivity index (χ2v) is 7.99. The fourth-order valence-corrected chi connectivity index (χ4v) is 4.50. The number of non-ortho nitro benzene ring substituents is 1. The summed E-state index contributed by atoms with van der Waals surface area (Å²) >= 11 is 0. The lowest BCUT2D eigenvalue weighted by Crippen LogP contribution is -2.38. The maximum Gasteiger partial charge on any atom is 0.312 e. The number of para-hydroxylation sites is 1. The molecule has 0 bridgehead atoms. The number of aromatic nitrogens is 1. The molecule has 0 saturated carbocycles. The number of hydrogen-bond acceptors (Lipinski definition) is 5. The number of unbranched alkanes of at least 4 members (excludes halogenated alkanes) is 1. The molecule has 8 nitrogen and oxygen atoms in total. The van der Waals surface area contributed by atoms with Crippen molar-refractivity contribution in [2.24, 2.45) is 5.92 Å². The van der Waals surface area contributed by atoms with Crippen molar-refractivity contribution in [2.45, 2.75) is 25.8 Å². The van der Waals surface area contributed by atoms with Gasteiger partial charge in [-0.2, -0.15) is 0 Å². The molecule has 1 amide bonds. The van der Waals surface area contributed by atoms with Crippen molar-refractivity contribution in [3.63, 3.8) is 0 Å². The van der Waals surface area contributed by atoms with Crippen LogP contribution >= 0.6 is 0 Å². The van der Waals surface area contributed by atoms with Gasteiger partial charge in [-0.3, -0.25) is 19.7 Å². The highest BCUT2D eigenvalue weighted by Gasteiger charge is 2.41. The van der Waals surface area contributed by atoms with E-state index < -0.39 is 22.9 Å². The highest BCUT2D eigenvalue weighted by atomic mass is 16.6. The van der Waals surface area contributed by atoms with E-state index in [1.807, 2.05) is 41.8 Å². The molecule has 1 aliphatic rings. The Morgan fingerprint density at radius 1 is 1.19 bits per heavy atom. The van der Waals surface area contributed by atoms with E-state index in [0.29, 0.717) is 17.8 Å². The summed E-state index contributed by atoms with van der Waals surface area (Å²) in [4.78, 5) is 39.3. The van der Waals surface area contributed by atoms with Crippen LogP contribution in [0.3, 0.4) is 0 Å². The molecule has 0 saturated heterocycles. The van der Waals surface area contributed by atoms with Crippen molar-refractivity contribution in [2.75, 3.05) is 20.2 Å². The molecule has 166 valence electrons. The quantitative estimate of drug-likeness (QED) is 0.329. The van der Waals surface area contributed by atoms with Gasteiger partial charge in [-0.15, -0.1) is 0 Å². The number of carbonyl (C=O) groups is 2. The van der Waals surface area contributed by atoms with Gasteiger partial charge in [0.25, 0.3) is 11.6 Å². The first kappa shape index (κ1) is 21.5. The number of nitrogens with zero attached hydrogens (tertiary/aromatic N) is 3. The number of carbonyl (C=O) groups excluding carboxylic acids is 2. The first-order chi connectivity index (χ1) is 15.5. The number of esters is 1. The summed E-state index contributed by atoms with van der Waals surface area (Å²) in [5, 5.41) is 12.3. The van der Waals surface area contributed by atoms with Crippen LogP contribution in [-0.4, -0.2) is 46.5 Å². The van der Waals surface area contributed by atoms with Gasteiger partial charge in [0.1, 0.15) is 5.69 Å². The van der Waals surface area contributed by atoms with Crippen LogP contribution in [0.2, 0.25) is 0 Å². The molecule has 4 rings (SSSR count). The maximum atomic E-state index is 13.6. The van der Waals surface area contributed by atoms with Gasteiger partial charge < -0.3 is 14.2 Å². The predicted octanol–water partition coefficient (Wildman–Crippen LogP) is 4.18. The topological polar surface area (TPSA) is 94.7 Å². The van der Waals surface area contributed by atoms with Gasteiger partial charge in [-0.05, 0) is 24.1 Å². The molecule has 3 aromatic rings. The largest absolute Gasteiger partial charge is 0.469 e. The van der Waals surface area contributed by atoms with Gasteiger partial charge in [0.2, 0.25) is 0 Å². The Morgan fingerprint density at radius 3 is 2.69 bits per heavy atom. The van der Waals surface area contributed by atoms with Crippen LogP contribution < -0.4 is 0 Å². The minimum atomic E-state index is -0.722. The Kier molecular flexibility index (Phi) is 5.94. The minimum absolute atomic E-state index is 0.0671. The van der Waals surface area contributed by atoms with Gasteiger partial charge in [-0.25, -0.2) is 0 Å². The zero-order valence-corrected chi connectivity index (χ0v) is 18.1. The van der Waals surface area contributed by atoms with E-state index in [4.69, 9.17) is 4.74 Å². The highest BCUT2D eigenvalue weighted by molar-refractivity contribution is 6.00. The molecule has 2 unspecified atom stereocenters. The Balaban J connectivity index is 1.99. The number of ether oxygens (including phenoxy) is 1. The van der Waals surface area contributed by atoms with E-state index in [0.717, 1.165) is 23.7 Å². The zero-order valence-electron chi connectivity index (χ0n) is 18.1. The molecule has 32 heavy (non-hydrogen) atoms. The molecule has 0 radical (unpaired) electrons. The van der Waals surface area contributed by atoms with Crippen LogP contribution in [0.15, 0.2) is 54.6 Å². The van der Waals surface area contributed by atoms with E-state index in [1.54, 1.807) is 17.0 Å². The number of fused-ring (bicyclic) bond motifs is 3. The standard InChI is InChI=1S/C24H25N3O5/c1-3-4-12-25-15-19(24(29)32-2)22(17-9-7-10-18(13-17)27(30)31)26-20-11-6-5-8-16(20)14-21(26)23(25)28/h5-11,13-14,19,22H,3-4,12,15H2,1-2H3. The second-order valence-electron chi connectivity index (χ2n) is 7.99. The van der Waals surface area contributed by atoms with Crippen LogP contribution in [-0.2, 0) is 9.53 Å². The molecule has 0 fully saturated rings. The molecular weight excluding hydrogens is 410 g/mol. The lowest BCUT2D eigenvalue weighted by molar-refractivity contribution is -0.384. The van der Waals surface area contributed by atoms with Gasteiger partial charge in [0, 0.05) is 36.1 Å². The average molecular weight is 435 g/mol. The van der Waals surface area contributed by atoms with Gasteiger partial charge in [0.05, 0.1) is 24.0 Å². The van der Waals surface area contributed by atoms with Crippen molar-refractivity contribution in [1.82, 2.24) is 9.47 Å². The number of nitro benzene ring substituents is 1. The van der Waals surface area contributed by atoms with Crippen LogP contribution in [0.5, 0.6) is 0 Å². The van der Waals surface area contributed by atoms with Crippen molar-refractivity contribution in [3.8, 4) is 0 Å². The maximum absolute atomic E-state index is 13.6. The number of benzene rings is 2. The fourth-order valence-electron chi connectivity index (χ4n) is 4.50. The Labute approximate surface area is 185 Å². The fraction of sp³-hybridized carbons (Fsp3) is 0.333. The van der Waals surface area contributed by atoms with Crippen LogP contribution in [0.25, 0.3) is 10.9 Å². The first-order valence-electron chi connectivity index (χ1n) is 10.7. The summed E-state index contributed by atoms with van der Waals surface area (Å²) in [5.74, 6) is -1.34. The van der Waals surface area contributed by atoms with Gasteiger partial charge in [0.15, 0.2) is 0 Å². The summed E-state index contributed by atoms with van der Waals surface area (Å²) in [6.07, 6.45) is 1.71. The molecular formula is C24H25N3O5. The molecule has 2 aromatic carbocycles. The van der Waals surface area contributed by atoms with Gasteiger partial charge in [-0.1, -0.05) is 43.7 Å². The Morgan fingerprint density at radius 2 is 1.97 bits per heavy atom. The summed E-state index contributed by atoms with van der Waals surface area (Å²) < 4.78 is 6.99. The van der Waals surface area contributed by atoms with Crippen molar-refractivity contribution in [1.29, 1.82) is 0 Å². The third-order valence-electron chi connectivity index (χ3n) is 6.04. The van der Waals surface area contributed by atoms with E-state index in [9.17, 15) is 19.7 Å². The molecule has 2 heterocycles. The Bertz CT molecular complexity index is 1190. The monoisotopic (exact) mass is 435 g/mol. The molecule has 0 aliphatic carbocycles. The van der Waals surface area contributed by atoms with E-state index in [2.05, 4.69) is 0 Å². The van der Waals surface area contributed by atoms with E-state index >= 15 is 0 Å². The van der Waals surface area contributed by atoms with Gasteiger partial charge >= 0.3 is 5.97 Å². The van der Waals surface area contributed by atoms with E-state index in [-0.39, 0.29) is 18.1 Å². The van der Waals surface area contributed by atoms with Crippen LogP contribution in [0.1, 0.15) is 41.9 Å². The normalized spacial score (nSPS) is 18.3. The lowest BCUT2D eigenvalue weighted by Gasteiger charge is -2.28. The number of amides is 1. The number of rotatable bonds is 6. The average Bonchev–Trinajstić information content (AvgIpc) is 3.14. The second kappa shape index (κ2) is 8.82. The lowest BCUT2D eigenvalue weighted by atomic mass is 9.91. The molecule has 2 atom stereocenters. The minimum Gasteiger partial charge on any atom is -0.469 e. The van der Waals surface area contributed by atoms with E-state index in [1.165, 1.54) is 19.2 Å². The Hall–Kier alpha value is -3.68. The SMILES string of the molecule is CCCCN1CC(C(=O)OC)C(c2cccc([N+](=O)[O-])c2)n2c(cc3ccccc32)C1=O. The van der Waals surface area contributed by atoms with Crippen molar-refractivity contribution < 1.29 is 19.2 Å². The molecule has 0 N–H and O–H groups in total. The summed E-state index contributed by atoms with van der Waals surface area (Å²) in [7, 11) is 1.32. The van der Waals surface area contributed by atoms with Crippen molar-refractivity contribution >= 4 is 28.5 Å². The third kappa shape index (κ3) is 3.72. The van der Waals surface area contributed by atoms with Crippen molar-refractivity contribution in [3.05, 3.63) is 76.0 Å². The first-order valence-corrected chi connectivity index (χ1v) is 10.7. The molecule has 1 aromatic heterocycles. The molecule has 1 aliphatic heterocycles. The van der Waals surface area contributed by atoms with Crippen LogP contribution in [0.4, 0.5) is 5.69 Å². The highest BCUT2D eigenvalue weighted by Crippen LogP contribution is 2.38.